The molecular formula is C20H17Cl5F2N2O2. The quantitative estimate of drug-likeness (QED) is 0.271. The lowest BCUT2D eigenvalue weighted by Gasteiger charge is -2.21. The van der Waals surface area contributed by atoms with Gasteiger partial charge in [0.2, 0.25) is 4.84 Å². The largest absolute Gasteiger partial charge is 0.431 e. The number of alkyl halides is 4. The van der Waals surface area contributed by atoms with E-state index in [0.717, 1.165) is 11.1 Å². The normalized spacial score (nSPS) is 12.5. The molecule has 168 valence electrons. The van der Waals surface area contributed by atoms with Crippen LogP contribution in [-0.2, 0) is 17.9 Å². The number of aromatic nitrogens is 2. The standard InChI is InChI=1S/C20H16Cl4F2N2O2.ClH/c21-14-3-6-16(17(22)9-14)18(10-28-8-7-27-12-28)29-11-13-1-4-15(5-2-13)30-20(25,26)19(23)24;/h1-9,12,18-19H,10-11H2;1H. The number of imidazole rings is 1. The van der Waals surface area contributed by atoms with E-state index in [0.29, 0.717) is 16.6 Å². The van der Waals surface area contributed by atoms with Gasteiger partial charge in [0.1, 0.15) is 11.9 Å². The monoisotopic (exact) mass is 530 g/mol. The highest BCUT2D eigenvalue weighted by Crippen LogP contribution is 2.32. The molecule has 2 aromatic carbocycles. The van der Waals surface area contributed by atoms with Crippen LogP contribution in [0.5, 0.6) is 5.75 Å². The average molecular weight is 533 g/mol. The number of hydrogen-bond acceptors (Lipinski definition) is 3. The summed E-state index contributed by atoms with van der Waals surface area (Å²) in [4.78, 5) is 2.06. The van der Waals surface area contributed by atoms with Crippen molar-refractivity contribution in [2.45, 2.75) is 30.2 Å². The fourth-order valence-electron chi connectivity index (χ4n) is 2.64. The zero-order valence-corrected chi connectivity index (χ0v) is 19.6. The smallest absolute Gasteiger partial charge is 0.428 e. The van der Waals surface area contributed by atoms with Crippen molar-refractivity contribution in [3.8, 4) is 5.75 Å². The van der Waals surface area contributed by atoms with Crippen molar-refractivity contribution in [2.24, 2.45) is 0 Å². The Kier molecular flexibility index (Phi) is 9.67. The molecular weight excluding hydrogens is 515 g/mol. The maximum Gasteiger partial charge on any atom is 0.428 e. The molecule has 1 unspecified atom stereocenters. The third-order valence-electron chi connectivity index (χ3n) is 4.13. The first-order valence-electron chi connectivity index (χ1n) is 8.71. The van der Waals surface area contributed by atoms with Gasteiger partial charge < -0.3 is 14.0 Å². The molecule has 0 saturated heterocycles. The topological polar surface area (TPSA) is 36.3 Å². The van der Waals surface area contributed by atoms with Crippen LogP contribution in [0.3, 0.4) is 0 Å². The molecule has 1 atom stereocenters. The number of ether oxygens (including phenoxy) is 2. The zero-order chi connectivity index (χ0) is 21.7. The molecule has 1 aromatic heterocycles. The highest BCUT2D eigenvalue weighted by Gasteiger charge is 2.40. The van der Waals surface area contributed by atoms with E-state index in [1.165, 1.54) is 12.1 Å². The summed E-state index contributed by atoms with van der Waals surface area (Å²) >= 11 is 22.8. The summed E-state index contributed by atoms with van der Waals surface area (Å²) in [7, 11) is 0. The molecule has 0 amide bonds. The van der Waals surface area contributed by atoms with E-state index in [-0.39, 0.29) is 24.8 Å². The molecule has 0 aliphatic rings. The third kappa shape index (κ3) is 7.38. The summed E-state index contributed by atoms with van der Waals surface area (Å²) in [5.74, 6) is -0.0641. The molecule has 3 rings (SSSR count). The molecule has 4 nitrogen and oxygen atoms in total. The van der Waals surface area contributed by atoms with Gasteiger partial charge in [-0.15, -0.1) is 12.4 Å². The molecule has 0 N–H and O–H groups in total. The van der Waals surface area contributed by atoms with Gasteiger partial charge in [-0.25, -0.2) is 4.98 Å². The van der Waals surface area contributed by atoms with Gasteiger partial charge in [-0.1, -0.05) is 64.6 Å². The van der Waals surface area contributed by atoms with E-state index in [1.54, 1.807) is 42.9 Å². The molecule has 11 heteroatoms. The maximum atomic E-state index is 13.5. The maximum absolute atomic E-state index is 13.5. The zero-order valence-electron chi connectivity index (χ0n) is 15.7. The van der Waals surface area contributed by atoms with Gasteiger partial charge in [0.15, 0.2) is 0 Å². The second-order valence-corrected chi connectivity index (χ2v) is 8.27. The van der Waals surface area contributed by atoms with Crippen molar-refractivity contribution >= 4 is 58.8 Å². The number of halogens is 7. The van der Waals surface area contributed by atoms with Crippen LogP contribution < -0.4 is 4.74 Å². The van der Waals surface area contributed by atoms with Crippen molar-refractivity contribution in [2.75, 3.05) is 0 Å². The first-order chi connectivity index (χ1) is 14.2. The predicted octanol–water partition coefficient (Wildman–Crippen LogP) is 7.35. The van der Waals surface area contributed by atoms with Crippen LogP contribution in [0.4, 0.5) is 8.78 Å². The Labute approximate surface area is 204 Å². The Morgan fingerprint density at radius 1 is 1.06 bits per heavy atom. The van der Waals surface area contributed by atoms with Gasteiger partial charge in [-0.3, -0.25) is 0 Å². The Bertz CT molecular complexity index is 957. The lowest BCUT2D eigenvalue weighted by Crippen LogP contribution is -2.32. The van der Waals surface area contributed by atoms with Crippen LogP contribution in [0, 0.1) is 0 Å². The summed E-state index contributed by atoms with van der Waals surface area (Å²) < 4.78 is 39.4. The molecule has 1 heterocycles. The summed E-state index contributed by atoms with van der Waals surface area (Å²) in [5, 5.41) is 1.00. The van der Waals surface area contributed by atoms with E-state index in [4.69, 9.17) is 51.1 Å². The van der Waals surface area contributed by atoms with Crippen molar-refractivity contribution in [3.63, 3.8) is 0 Å². The highest BCUT2D eigenvalue weighted by atomic mass is 35.5. The van der Waals surface area contributed by atoms with Crippen LogP contribution in [-0.4, -0.2) is 20.5 Å². The first kappa shape index (κ1) is 26.0. The van der Waals surface area contributed by atoms with Gasteiger partial charge in [0.05, 0.1) is 19.5 Å². The minimum atomic E-state index is -3.69. The number of nitrogens with zero attached hydrogens (tertiary/aromatic N) is 2. The Balaban J connectivity index is 0.00000341. The molecule has 3 aromatic rings. The van der Waals surface area contributed by atoms with Gasteiger partial charge in [-0.2, -0.15) is 8.78 Å². The minimum Gasteiger partial charge on any atom is -0.431 e. The predicted molar refractivity (Wildman–Crippen MR) is 121 cm³/mol. The van der Waals surface area contributed by atoms with Crippen LogP contribution in [0.1, 0.15) is 17.2 Å². The summed E-state index contributed by atoms with van der Waals surface area (Å²) in [5.41, 5.74) is 1.52. The van der Waals surface area contributed by atoms with Crippen molar-refractivity contribution in [3.05, 3.63) is 82.4 Å². The van der Waals surface area contributed by atoms with Crippen molar-refractivity contribution < 1.29 is 18.3 Å². The molecule has 0 aliphatic heterocycles. The average Bonchev–Trinajstić information content (AvgIpc) is 3.19. The van der Waals surface area contributed by atoms with Crippen LogP contribution in [0.2, 0.25) is 10.0 Å². The van der Waals surface area contributed by atoms with Gasteiger partial charge in [0, 0.05) is 28.0 Å². The number of benzene rings is 2. The summed E-state index contributed by atoms with van der Waals surface area (Å²) in [6.45, 7) is 0.685. The minimum absolute atomic E-state index is 0. The van der Waals surface area contributed by atoms with Crippen LogP contribution >= 0.6 is 58.8 Å². The number of rotatable bonds is 9. The lowest BCUT2D eigenvalue weighted by molar-refractivity contribution is -0.163. The molecule has 0 radical (unpaired) electrons. The number of hydrogen-bond donors (Lipinski definition) is 0. The second kappa shape index (κ2) is 11.5. The SMILES string of the molecule is Cl.FC(F)(Oc1ccc(COC(Cn2ccnc2)c2ccc(Cl)cc2Cl)cc1)C(Cl)Cl. The van der Waals surface area contributed by atoms with E-state index in [1.807, 2.05) is 10.8 Å². The summed E-state index contributed by atoms with van der Waals surface area (Å²) in [6.07, 6.45) is 1.07. The van der Waals surface area contributed by atoms with Crippen molar-refractivity contribution in [1.29, 1.82) is 0 Å². The van der Waals surface area contributed by atoms with E-state index < -0.39 is 17.0 Å². The van der Waals surface area contributed by atoms with Gasteiger partial charge in [-0.05, 0) is 29.8 Å². The van der Waals surface area contributed by atoms with E-state index in [2.05, 4.69) is 9.72 Å². The fraction of sp³-hybridized carbons (Fsp3) is 0.250. The second-order valence-electron chi connectivity index (χ2n) is 6.33. The molecule has 0 aliphatic carbocycles. The Hall–Kier alpha value is -1.28. The van der Waals surface area contributed by atoms with Crippen molar-refractivity contribution in [1.82, 2.24) is 9.55 Å². The third-order valence-corrected chi connectivity index (χ3v) is 5.20. The van der Waals surface area contributed by atoms with Gasteiger partial charge >= 0.3 is 6.11 Å². The molecule has 0 spiro atoms. The highest BCUT2D eigenvalue weighted by molar-refractivity contribution is 6.44. The molecule has 0 bridgehead atoms. The summed E-state index contributed by atoms with van der Waals surface area (Å²) in [6, 6.07) is 11.2. The molecule has 31 heavy (non-hydrogen) atoms. The first-order valence-corrected chi connectivity index (χ1v) is 10.3. The Morgan fingerprint density at radius 2 is 1.77 bits per heavy atom. The van der Waals surface area contributed by atoms with Crippen LogP contribution in [0.25, 0.3) is 0 Å². The fourth-order valence-corrected chi connectivity index (χ4v) is 3.26. The molecule has 0 saturated carbocycles. The van der Waals surface area contributed by atoms with Gasteiger partial charge in [0.25, 0.3) is 0 Å². The van der Waals surface area contributed by atoms with Crippen LogP contribution in [0.15, 0.2) is 61.2 Å². The molecule has 0 fully saturated rings. The van der Waals surface area contributed by atoms with E-state index in [9.17, 15) is 8.78 Å². The Morgan fingerprint density at radius 3 is 2.35 bits per heavy atom. The lowest BCUT2D eigenvalue weighted by atomic mass is 10.1. The van der Waals surface area contributed by atoms with E-state index >= 15 is 0 Å².